The van der Waals surface area contributed by atoms with Crippen molar-refractivity contribution in [3.8, 4) is 0 Å². The van der Waals surface area contributed by atoms with Crippen molar-refractivity contribution in [1.29, 1.82) is 0 Å². The Labute approximate surface area is 336 Å². The number of aromatic nitrogens is 3. The number of nitrogens with one attached hydrogen (secondary N) is 1. The lowest BCUT2D eigenvalue weighted by atomic mass is 9.78. The van der Waals surface area contributed by atoms with Gasteiger partial charge in [0.15, 0.2) is 0 Å². The van der Waals surface area contributed by atoms with Gasteiger partial charge < -0.3 is 9.80 Å². The Balaban J connectivity index is 1.48. The highest BCUT2D eigenvalue weighted by Gasteiger charge is 2.51. The molecule has 2 saturated heterocycles. The fourth-order valence-corrected chi connectivity index (χ4v) is 10.5. The summed E-state index contributed by atoms with van der Waals surface area (Å²) >= 11 is 0. The summed E-state index contributed by atoms with van der Waals surface area (Å²) in [5, 5.41) is 4.74. The first-order valence-electron chi connectivity index (χ1n) is 22.7. The van der Waals surface area contributed by atoms with E-state index in [0.29, 0.717) is 24.8 Å². The van der Waals surface area contributed by atoms with Gasteiger partial charge in [-0.3, -0.25) is 14.5 Å². The molecule has 2 aliphatic carbocycles. The van der Waals surface area contributed by atoms with E-state index >= 15 is 0 Å². The molecule has 0 unspecified atom stereocenters. The van der Waals surface area contributed by atoms with Gasteiger partial charge in [-0.15, -0.1) is 0 Å². The highest BCUT2D eigenvalue weighted by molar-refractivity contribution is 5.46. The Morgan fingerprint density at radius 3 is 1.29 bits per heavy atom. The van der Waals surface area contributed by atoms with Crippen LogP contribution < -0.4 is 15.3 Å². The summed E-state index contributed by atoms with van der Waals surface area (Å²) < 4.78 is 0. The van der Waals surface area contributed by atoms with Crippen molar-refractivity contribution in [3.05, 3.63) is 0 Å². The number of hydrogen-bond donors (Lipinski definition) is 1. The van der Waals surface area contributed by atoms with Crippen LogP contribution in [0.15, 0.2) is 0 Å². The maximum absolute atomic E-state index is 6.92. The minimum Gasteiger partial charge on any atom is -0.337 e. The van der Waals surface area contributed by atoms with Crippen LogP contribution in [0.1, 0.15) is 198 Å². The fraction of sp³-hybridized carbons (Fsp3) is 0.932. The van der Waals surface area contributed by atoms with Crippen molar-refractivity contribution >= 4 is 17.8 Å². The molecule has 3 heterocycles. The van der Waals surface area contributed by atoms with Gasteiger partial charge in [-0.1, -0.05) is 72.1 Å². The smallest absolute Gasteiger partial charge is 0.253 e. The zero-order valence-electron chi connectivity index (χ0n) is 37.2. The third-order valence-corrected chi connectivity index (χ3v) is 12.7. The monoisotopic (exact) mass is 771 g/mol. The molecule has 1 aromatic rings. The molecule has 4 aliphatic rings. The summed E-state index contributed by atoms with van der Waals surface area (Å²) in [6.45, 7) is 28.0. The van der Waals surface area contributed by atoms with E-state index in [1.54, 1.807) is 0 Å². The zero-order chi connectivity index (χ0) is 39.9. The van der Waals surface area contributed by atoms with Crippen LogP contribution in [0.2, 0.25) is 0 Å². The average molecular weight is 771 g/mol. The lowest BCUT2D eigenvalue weighted by Gasteiger charge is -2.57. The zero-order valence-corrected chi connectivity index (χ0v) is 37.2. The molecule has 5 rings (SSSR count). The normalized spacial score (nSPS) is 24.2. The minimum atomic E-state index is -0.159. The van der Waals surface area contributed by atoms with Crippen LogP contribution >= 0.6 is 0 Å². The highest BCUT2D eigenvalue weighted by atomic mass is 16.7. The summed E-state index contributed by atoms with van der Waals surface area (Å²) in [6.07, 6.45) is 22.1. The van der Waals surface area contributed by atoms with Gasteiger partial charge in [0.1, 0.15) is 0 Å². The number of rotatable bonds is 18. The Kier molecular flexibility index (Phi) is 15.6. The van der Waals surface area contributed by atoms with E-state index in [1.807, 2.05) is 0 Å². The summed E-state index contributed by atoms with van der Waals surface area (Å²) in [6, 6.07) is 0.481. The molecule has 0 amide bonds. The quantitative estimate of drug-likeness (QED) is 0.114. The first kappa shape index (κ1) is 44.3. The molecule has 316 valence electrons. The maximum atomic E-state index is 6.92. The van der Waals surface area contributed by atoms with Gasteiger partial charge in [0.25, 0.3) is 5.95 Å². The second-order valence-electron chi connectivity index (χ2n) is 20.0. The van der Waals surface area contributed by atoms with Crippen LogP contribution in [0, 0.1) is 0 Å². The van der Waals surface area contributed by atoms with Crippen LogP contribution in [0.25, 0.3) is 0 Å². The molecular formula is C44H82N8O3. The lowest BCUT2D eigenvalue weighted by molar-refractivity contribution is -0.310. The predicted molar refractivity (Wildman–Crippen MR) is 226 cm³/mol. The predicted octanol–water partition coefficient (Wildman–Crippen LogP) is 10.4. The molecule has 11 nitrogen and oxygen atoms in total. The maximum Gasteiger partial charge on any atom is 0.253 e. The first-order valence-corrected chi connectivity index (χ1v) is 22.7. The van der Waals surface area contributed by atoms with E-state index in [0.717, 1.165) is 108 Å². The third-order valence-electron chi connectivity index (χ3n) is 12.7. The molecule has 0 aromatic carbocycles. The Morgan fingerprint density at radius 1 is 0.564 bits per heavy atom. The molecule has 55 heavy (non-hydrogen) atoms. The summed E-state index contributed by atoms with van der Waals surface area (Å²) in [4.78, 5) is 40.5. The van der Waals surface area contributed by atoms with E-state index in [2.05, 4.69) is 102 Å². The van der Waals surface area contributed by atoms with Crippen molar-refractivity contribution in [2.24, 2.45) is 0 Å². The van der Waals surface area contributed by atoms with Gasteiger partial charge in [0, 0.05) is 47.3 Å². The fourth-order valence-electron chi connectivity index (χ4n) is 10.5. The SMILES string of the molecule is CCCCN(c1nc(NOCCC)nc(N(CCCC)C2CC(C)(C)N(OC3CCCCC3)C(C)(C)C2)n1)C1CC(C)(C)N(OC2CCCCC2)C(C)(C)C1. The van der Waals surface area contributed by atoms with E-state index in [4.69, 9.17) is 29.5 Å². The molecule has 0 spiro atoms. The Hall–Kier alpha value is -1.79. The third kappa shape index (κ3) is 11.5. The number of piperidine rings is 2. The lowest BCUT2D eigenvalue weighted by Crippen LogP contribution is -2.65. The second-order valence-corrected chi connectivity index (χ2v) is 20.0. The number of nitrogens with zero attached hydrogens (tertiary/aromatic N) is 7. The summed E-state index contributed by atoms with van der Waals surface area (Å²) in [7, 11) is 0. The number of unbranched alkanes of at least 4 members (excludes halogenated alkanes) is 2. The molecule has 0 atom stereocenters. The molecule has 2 saturated carbocycles. The van der Waals surface area contributed by atoms with Crippen LogP contribution in [0.3, 0.4) is 0 Å². The van der Waals surface area contributed by atoms with Crippen LogP contribution in [-0.4, -0.2) is 91.2 Å². The van der Waals surface area contributed by atoms with Crippen molar-refractivity contribution < 1.29 is 14.5 Å². The second kappa shape index (κ2) is 19.3. The van der Waals surface area contributed by atoms with Crippen molar-refractivity contribution in [2.75, 3.05) is 35.0 Å². The number of hydroxylamine groups is 4. The molecule has 0 radical (unpaired) electrons. The summed E-state index contributed by atoms with van der Waals surface area (Å²) in [5.41, 5.74) is 2.52. The van der Waals surface area contributed by atoms with Crippen LogP contribution in [-0.2, 0) is 14.5 Å². The van der Waals surface area contributed by atoms with Crippen LogP contribution in [0.5, 0.6) is 0 Å². The van der Waals surface area contributed by atoms with Crippen molar-refractivity contribution in [3.63, 3.8) is 0 Å². The van der Waals surface area contributed by atoms with Gasteiger partial charge in [0.2, 0.25) is 11.9 Å². The summed E-state index contributed by atoms with van der Waals surface area (Å²) in [5.74, 6) is 1.99. The standard InChI is InChI=1S/C44H82N8O3/c1-12-15-27-49(34-30-41(4,5)51(42(6,7)31-34)54-36-23-19-17-20-24-36)39-45-38(48-53-29-14-3)46-40(47-39)50(28-16-13-2)35-32-43(8,9)52(44(10,11)33-35)55-37-25-21-18-22-26-37/h34-37H,12-33H2,1-11H3,(H,45,46,47,48). The van der Waals surface area contributed by atoms with Gasteiger partial charge in [-0.2, -0.15) is 25.1 Å². The van der Waals surface area contributed by atoms with Crippen molar-refractivity contribution in [1.82, 2.24) is 25.1 Å². The van der Waals surface area contributed by atoms with E-state index < -0.39 is 0 Å². The number of anilines is 3. The highest BCUT2D eigenvalue weighted by Crippen LogP contribution is 2.45. The van der Waals surface area contributed by atoms with Gasteiger partial charge in [-0.05, 0) is 126 Å². The van der Waals surface area contributed by atoms with Gasteiger partial charge in [0.05, 0.1) is 18.8 Å². The van der Waals surface area contributed by atoms with Crippen molar-refractivity contribution in [2.45, 2.75) is 245 Å². The molecule has 0 bridgehead atoms. The number of hydrogen-bond acceptors (Lipinski definition) is 11. The van der Waals surface area contributed by atoms with Gasteiger partial charge >= 0.3 is 0 Å². The molecule has 11 heteroatoms. The molecule has 2 aliphatic heterocycles. The molecule has 1 N–H and O–H groups in total. The van der Waals surface area contributed by atoms with E-state index in [9.17, 15) is 0 Å². The molecule has 4 fully saturated rings. The van der Waals surface area contributed by atoms with E-state index in [1.165, 1.54) is 38.5 Å². The van der Waals surface area contributed by atoms with E-state index in [-0.39, 0.29) is 34.2 Å². The van der Waals surface area contributed by atoms with Gasteiger partial charge in [-0.25, -0.2) is 5.48 Å². The average Bonchev–Trinajstić information content (AvgIpc) is 3.12. The minimum absolute atomic E-state index is 0.159. The Morgan fingerprint density at radius 2 is 0.945 bits per heavy atom. The largest absolute Gasteiger partial charge is 0.337 e. The Bertz CT molecular complexity index is 1190. The first-order chi connectivity index (χ1) is 26.1. The molecular weight excluding hydrogens is 689 g/mol. The van der Waals surface area contributed by atoms with Crippen LogP contribution in [0.4, 0.5) is 17.8 Å². The molecule has 1 aromatic heterocycles. The topological polar surface area (TPSA) is 91.4 Å².